The van der Waals surface area contributed by atoms with Gasteiger partial charge >= 0.3 is 5.97 Å². The van der Waals surface area contributed by atoms with Crippen LogP contribution in [-0.2, 0) is 9.53 Å². The summed E-state index contributed by atoms with van der Waals surface area (Å²) in [6, 6.07) is 10.6. The lowest BCUT2D eigenvalue weighted by molar-refractivity contribution is -0.385. The Labute approximate surface area is 148 Å². The number of aryl methyl sites for hydroxylation is 1. The summed E-state index contributed by atoms with van der Waals surface area (Å²) in [7, 11) is 0. The van der Waals surface area contributed by atoms with Gasteiger partial charge in [-0.3, -0.25) is 14.9 Å². The number of carbonyl (C=O) groups is 2. The normalized spacial score (nSPS) is 11.5. The Kier molecular flexibility index (Phi) is 5.71. The Hall–Kier alpha value is -2.93. The SMILES string of the molecule is Cc1cccc(NC(=O)[C@H](C)OC(=O)c2cc(Cl)ccc2[N+](=O)[O-])c1. The molecule has 0 saturated carbocycles. The molecule has 0 aliphatic rings. The van der Waals surface area contributed by atoms with Crippen molar-refractivity contribution in [2.45, 2.75) is 20.0 Å². The molecule has 0 unspecified atom stereocenters. The predicted octanol–water partition coefficient (Wildman–Crippen LogP) is 3.74. The van der Waals surface area contributed by atoms with E-state index in [4.69, 9.17) is 16.3 Å². The Morgan fingerprint density at radius 2 is 1.96 bits per heavy atom. The molecular formula is C17H15ClN2O5. The highest BCUT2D eigenvalue weighted by Crippen LogP contribution is 2.24. The number of nitrogens with one attached hydrogen (secondary N) is 1. The third-order valence-electron chi connectivity index (χ3n) is 3.31. The molecule has 130 valence electrons. The number of nitrogens with zero attached hydrogens (tertiary/aromatic N) is 1. The monoisotopic (exact) mass is 362 g/mol. The quantitative estimate of drug-likeness (QED) is 0.496. The summed E-state index contributed by atoms with van der Waals surface area (Å²) in [5.41, 5.74) is 0.757. The van der Waals surface area contributed by atoms with Crippen LogP contribution in [0.15, 0.2) is 42.5 Å². The van der Waals surface area contributed by atoms with E-state index < -0.39 is 28.6 Å². The van der Waals surface area contributed by atoms with Crippen LogP contribution >= 0.6 is 11.6 Å². The van der Waals surface area contributed by atoms with Crippen LogP contribution in [0.3, 0.4) is 0 Å². The van der Waals surface area contributed by atoms with Crippen LogP contribution in [0.25, 0.3) is 0 Å². The molecular weight excluding hydrogens is 348 g/mol. The number of halogens is 1. The van der Waals surface area contributed by atoms with Crippen molar-refractivity contribution in [3.05, 3.63) is 68.7 Å². The van der Waals surface area contributed by atoms with Crippen molar-refractivity contribution in [3.8, 4) is 0 Å². The third kappa shape index (κ3) is 4.77. The first kappa shape index (κ1) is 18.4. The van der Waals surface area contributed by atoms with Gasteiger partial charge in [0.2, 0.25) is 0 Å². The van der Waals surface area contributed by atoms with Crippen molar-refractivity contribution in [3.63, 3.8) is 0 Å². The van der Waals surface area contributed by atoms with Gasteiger partial charge in [0.05, 0.1) is 4.92 Å². The van der Waals surface area contributed by atoms with E-state index in [0.717, 1.165) is 17.7 Å². The van der Waals surface area contributed by atoms with E-state index in [1.165, 1.54) is 13.0 Å². The van der Waals surface area contributed by atoms with E-state index in [0.29, 0.717) is 5.69 Å². The van der Waals surface area contributed by atoms with Crippen molar-refractivity contribution < 1.29 is 19.2 Å². The number of nitro benzene ring substituents is 1. The lowest BCUT2D eigenvalue weighted by Gasteiger charge is -2.14. The maximum absolute atomic E-state index is 12.2. The standard InChI is InChI=1S/C17H15ClN2O5/c1-10-4-3-5-13(8-10)19-16(21)11(2)25-17(22)14-9-12(18)6-7-15(14)20(23)24/h3-9,11H,1-2H3,(H,19,21)/t11-/m0/s1. The van der Waals surface area contributed by atoms with Crippen LogP contribution in [0.5, 0.6) is 0 Å². The molecule has 0 saturated heterocycles. The van der Waals surface area contributed by atoms with E-state index in [2.05, 4.69) is 5.32 Å². The Morgan fingerprint density at radius 1 is 1.24 bits per heavy atom. The minimum absolute atomic E-state index is 0.148. The van der Waals surface area contributed by atoms with E-state index in [-0.39, 0.29) is 10.6 Å². The molecule has 25 heavy (non-hydrogen) atoms. The van der Waals surface area contributed by atoms with E-state index >= 15 is 0 Å². The fourth-order valence-corrected chi connectivity index (χ4v) is 2.25. The van der Waals surface area contributed by atoms with Gasteiger partial charge in [-0.1, -0.05) is 23.7 Å². The van der Waals surface area contributed by atoms with E-state index in [1.807, 2.05) is 13.0 Å². The van der Waals surface area contributed by atoms with Gasteiger partial charge in [0.15, 0.2) is 6.10 Å². The molecule has 0 aliphatic carbocycles. The van der Waals surface area contributed by atoms with Gasteiger partial charge in [0, 0.05) is 16.8 Å². The van der Waals surface area contributed by atoms with Crippen LogP contribution in [0, 0.1) is 17.0 Å². The number of nitro groups is 1. The van der Waals surface area contributed by atoms with Gasteiger partial charge in [-0.2, -0.15) is 0 Å². The molecule has 0 radical (unpaired) electrons. The molecule has 0 aliphatic heterocycles. The van der Waals surface area contributed by atoms with Crippen LogP contribution in [0.2, 0.25) is 5.02 Å². The summed E-state index contributed by atoms with van der Waals surface area (Å²) in [4.78, 5) is 34.6. The molecule has 2 aromatic rings. The number of ether oxygens (including phenoxy) is 1. The van der Waals surface area contributed by atoms with Crippen molar-refractivity contribution in [2.24, 2.45) is 0 Å². The first-order valence-electron chi connectivity index (χ1n) is 7.30. The number of carbonyl (C=O) groups excluding carboxylic acids is 2. The lowest BCUT2D eigenvalue weighted by Crippen LogP contribution is -2.30. The average molecular weight is 363 g/mol. The first-order valence-corrected chi connectivity index (χ1v) is 7.68. The molecule has 8 heteroatoms. The minimum Gasteiger partial charge on any atom is -0.449 e. The molecule has 1 amide bonds. The average Bonchev–Trinajstić information content (AvgIpc) is 2.54. The highest BCUT2D eigenvalue weighted by atomic mass is 35.5. The van der Waals surface area contributed by atoms with Crippen molar-refractivity contribution >= 4 is 34.9 Å². The van der Waals surface area contributed by atoms with Crippen molar-refractivity contribution in [2.75, 3.05) is 5.32 Å². The number of amides is 1. The minimum atomic E-state index is -1.15. The molecule has 0 heterocycles. The summed E-state index contributed by atoms with van der Waals surface area (Å²) in [5.74, 6) is -1.55. The number of anilines is 1. The number of hydrogen-bond donors (Lipinski definition) is 1. The van der Waals surface area contributed by atoms with Gasteiger partial charge in [-0.25, -0.2) is 4.79 Å². The number of hydrogen-bond acceptors (Lipinski definition) is 5. The van der Waals surface area contributed by atoms with E-state index in [1.54, 1.807) is 18.2 Å². The van der Waals surface area contributed by atoms with E-state index in [9.17, 15) is 19.7 Å². The molecule has 2 aromatic carbocycles. The molecule has 0 bridgehead atoms. The Balaban J connectivity index is 2.11. The zero-order chi connectivity index (χ0) is 18.6. The Morgan fingerprint density at radius 3 is 2.60 bits per heavy atom. The maximum Gasteiger partial charge on any atom is 0.345 e. The smallest absolute Gasteiger partial charge is 0.345 e. The number of rotatable bonds is 5. The van der Waals surface area contributed by atoms with Gasteiger partial charge in [-0.05, 0) is 43.7 Å². The van der Waals surface area contributed by atoms with Gasteiger partial charge in [-0.15, -0.1) is 0 Å². The second-order valence-electron chi connectivity index (χ2n) is 5.32. The fraction of sp³-hybridized carbons (Fsp3) is 0.176. The summed E-state index contributed by atoms with van der Waals surface area (Å²) in [6.07, 6.45) is -1.15. The van der Waals surface area contributed by atoms with Gasteiger partial charge < -0.3 is 10.1 Å². The lowest BCUT2D eigenvalue weighted by atomic mass is 10.2. The predicted molar refractivity (Wildman–Crippen MR) is 92.8 cm³/mol. The highest BCUT2D eigenvalue weighted by molar-refractivity contribution is 6.31. The van der Waals surface area contributed by atoms with Crippen molar-refractivity contribution in [1.29, 1.82) is 0 Å². The molecule has 0 aromatic heterocycles. The zero-order valence-corrected chi connectivity index (χ0v) is 14.2. The second kappa shape index (κ2) is 7.76. The van der Waals surface area contributed by atoms with Crippen molar-refractivity contribution in [1.82, 2.24) is 0 Å². The zero-order valence-electron chi connectivity index (χ0n) is 13.5. The molecule has 7 nitrogen and oxygen atoms in total. The summed E-state index contributed by atoms with van der Waals surface area (Å²) in [5, 5.41) is 13.8. The largest absolute Gasteiger partial charge is 0.449 e. The van der Waals surface area contributed by atoms with Crippen LogP contribution in [-0.4, -0.2) is 22.9 Å². The van der Waals surface area contributed by atoms with Gasteiger partial charge in [0.1, 0.15) is 5.56 Å². The summed E-state index contributed by atoms with van der Waals surface area (Å²) < 4.78 is 5.03. The second-order valence-corrected chi connectivity index (χ2v) is 5.76. The first-order chi connectivity index (χ1) is 11.8. The summed E-state index contributed by atoms with van der Waals surface area (Å²) in [6.45, 7) is 3.25. The van der Waals surface area contributed by atoms with Crippen LogP contribution in [0.1, 0.15) is 22.8 Å². The third-order valence-corrected chi connectivity index (χ3v) is 3.55. The summed E-state index contributed by atoms with van der Waals surface area (Å²) >= 11 is 5.78. The maximum atomic E-state index is 12.2. The number of benzene rings is 2. The fourth-order valence-electron chi connectivity index (χ4n) is 2.08. The van der Waals surface area contributed by atoms with Crippen LogP contribution in [0.4, 0.5) is 11.4 Å². The molecule has 0 spiro atoms. The molecule has 0 fully saturated rings. The number of esters is 1. The highest BCUT2D eigenvalue weighted by Gasteiger charge is 2.25. The topological polar surface area (TPSA) is 98.5 Å². The Bertz CT molecular complexity index is 838. The van der Waals surface area contributed by atoms with Crippen LogP contribution < -0.4 is 5.32 Å². The molecule has 1 N–H and O–H groups in total. The van der Waals surface area contributed by atoms with Gasteiger partial charge in [0.25, 0.3) is 11.6 Å². The molecule has 1 atom stereocenters. The molecule has 2 rings (SSSR count).